The molecular formula is C26H30. The van der Waals surface area contributed by atoms with Crippen molar-refractivity contribution in [2.24, 2.45) is 0 Å². The lowest BCUT2D eigenvalue weighted by molar-refractivity contribution is 1.04. The van der Waals surface area contributed by atoms with Crippen LogP contribution in [0.5, 0.6) is 0 Å². The summed E-state index contributed by atoms with van der Waals surface area (Å²) in [4.78, 5) is 0. The molecule has 1 aliphatic rings. The van der Waals surface area contributed by atoms with Crippen LogP contribution in [-0.2, 0) is 0 Å². The summed E-state index contributed by atoms with van der Waals surface area (Å²) in [5.41, 5.74) is 7.29. The fraction of sp³-hybridized carbons (Fsp3) is 0.154. The van der Waals surface area contributed by atoms with E-state index in [2.05, 4.69) is 73.9 Å². The van der Waals surface area contributed by atoms with E-state index in [0.717, 1.165) is 18.4 Å². The van der Waals surface area contributed by atoms with Crippen molar-refractivity contribution in [2.45, 2.75) is 27.7 Å². The maximum atomic E-state index is 3.97. The number of benzene rings is 2. The average molecular weight is 343 g/mol. The number of allylic oxidation sites excluding steroid dienone is 8. The van der Waals surface area contributed by atoms with Gasteiger partial charge in [0.1, 0.15) is 0 Å². The van der Waals surface area contributed by atoms with Crippen LogP contribution < -0.4 is 0 Å². The molecule has 3 rings (SSSR count). The minimum absolute atomic E-state index is 0. The van der Waals surface area contributed by atoms with E-state index in [9.17, 15) is 0 Å². The Bertz CT molecular complexity index is 830. The summed E-state index contributed by atoms with van der Waals surface area (Å²) in [6.45, 7) is 7.80. The smallest absolute Gasteiger partial charge is 0.0103 e. The van der Waals surface area contributed by atoms with Gasteiger partial charge in [-0.25, -0.2) is 0 Å². The van der Waals surface area contributed by atoms with Crippen LogP contribution >= 0.6 is 0 Å². The molecule has 0 atom stereocenters. The maximum absolute atomic E-state index is 3.97. The Morgan fingerprint density at radius 2 is 1.65 bits per heavy atom. The summed E-state index contributed by atoms with van der Waals surface area (Å²) in [5.74, 6) is 0. The van der Waals surface area contributed by atoms with Crippen molar-refractivity contribution >= 4 is 11.1 Å². The predicted molar refractivity (Wildman–Crippen MR) is 120 cm³/mol. The van der Waals surface area contributed by atoms with E-state index in [1.165, 1.54) is 27.8 Å². The molecule has 2 aromatic rings. The highest BCUT2D eigenvalue weighted by Gasteiger charge is 2.11. The lowest BCUT2D eigenvalue weighted by Crippen LogP contribution is -1.94. The first kappa shape index (κ1) is 21.2. The minimum Gasteiger partial charge on any atom is -0.0990 e. The van der Waals surface area contributed by atoms with Crippen LogP contribution in [0.15, 0.2) is 98.1 Å². The van der Waals surface area contributed by atoms with Crippen LogP contribution in [0, 0.1) is 0 Å². The van der Waals surface area contributed by atoms with E-state index in [4.69, 9.17) is 0 Å². The predicted octanol–water partition coefficient (Wildman–Crippen LogP) is 8.11. The van der Waals surface area contributed by atoms with Gasteiger partial charge in [-0.15, -0.1) is 0 Å². The Hall–Kier alpha value is -2.86. The molecular weight excluding hydrogens is 312 g/mol. The van der Waals surface area contributed by atoms with Crippen molar-refractivity contribution in [3.63, 3.8) is 0 Å². The summed E-state index contributed by atoms with van der Waals surface area (Å²) in [7, 11) is 0. The Labute approximate surface area is 159 Å². The van der Waals surface area contributed by atoms with Gasteiger partial charge in [0.15, 0.2) is 0 Å². The second-order valence-electron chi connectivity index (χ2n) is 5.83. The van der Waals surface area contributed by atoms with Gasteiger partial charge >= 0.3 is 0 Å². The molecule has 0 saturated carbocycles. The van der Waals surface area contributed by atoms with E-state index in [1.807, 2.05) is 24.3 Å². The highest BCUT2D eigenvalue weighted by molar-refractivity contribution is 5.89. The Balaban J connectivity index is 0.00000169. The topological polar surface area (TPSA) is 0 Å². The second-order valence-corrected chi connectivity index (χ2v) is 5.83. The van der Waals surface area contributed by atoms with E-state index in [-0.39, 0.29) is 14.9 Å². The number of hydrogen-bond donors (Lipinski definition) is 0. The normalized spacial score (nSPS) is 13.1. The molecule has 0 amide bonds. The molecule has 0 aromatic heterocycles. The Morgan fingerprint density at radius 3 is 2.27 bits per heavy atom. The second kappa shape index (κ2) is 10.2. The van der Waals surface area contributed by atoms with Gasteiger partial charge in [-0.05, 0) is 52.3 Å². The molecule has 0 heterocycles. The molecule has 0 saturated heterocycles. The maximum Gasteiger partial charge on any atom is -0.0103 e. The molecule has 134 valence electrons. The largest absolute Gasteiger partial charge is 0.0990 e. The molecule has 0 unspecified atom stereocenters. The van der Waals surface area contributed by atoms with Crippen LogP contribution in [-0.4, -0.2) is 0 Å². The molecule has 1 aliphatic carbocycles. The molecule has 0 nitrogen and oxygen atoms in total. The SMILES string of the molecule is C.C.C=C/C=C(\C=C)c1ccc(-c2ccccc2)cc1C1=CCCC=C1. The van der Waals surface area contributed by atoms with Gasteiger partial charge in [-0.3, -0.25) is 0 Å². The van der Waals surface area contributed by atoms with Crippen LogP contribution in [0.2, 0.25) is 0 Å². The van der Waals surface area contributed by atoms with E-state index < -0.39 is 0 Å². The fourth-order valence-electron chi connectivity index (χ4n) is 3.05. The van der Waals surface area contributed by atoms with Crippen molar-refractivity contribution in [3.05, 3.63) is 109 Å². The number of hydrogen-bond acceptors (Lipinski definition) is 0. The molecule has 0 heteroatoms. The van der Waals surface area contributed by atoms with Crippen molar-refractivity contribution in [2.75, 3.05) is 0 Å². The van der Waals surface area contributed by atoms with Gasteiger partial charge in [0.2, 0.25) is 0 Å². The molecule has 0 spiro atoms. The fourth-order valence-corrected chi connectivity index (χ4v) is 3.05. The zero-order valence-electron chi connectivity index (χ0n) is 13.9. The lowest BCUT2D eigenvalue weighted by Gasteiger charge is -2.16. The number of rotatable bonds is 5. The van der Waals surface area contributed by atoms with Crippen LogP contribution in [0.1, 0.15) is 38.8 Å². The zero-order chi connectivity index (χ0) is 16.8. The first-order valence-electron chi connectivity index (χ1n) is 8.35. The van der Waals surface area contributed by atoms with Crippen molar-refractivity contribution < 1.29 is 0 Å². The molecule has 26 heavy (non-hydrogen) atoms. The van der Waals surface area contributed by atoms with Gasteiger partial charge in [0.05, 0.1) is 0 Å². The molecule has 2 aromatic carbocycles. The molecule has 0 fully saturated rings. The molecule has 0 N–H and O–H groups in total. The zero-order valence-corrected chi connectivity index (χ0v) is 13.9. The van der Waals surface area contributed by atoms with E-state index in [1.54, 1.807) is 0 Å². The van der Waals surface area contributed by atoms with Crippen LogP contribution in [0.3, 0.4) is 0 Å². The van der Waals surface area contributed by atoms with Gasteiger partial charge in [0, 0.05) is 0 Å². The Kier molecular flexibility index (Phi) is 8.31. The highest BCUT2D eigenvalue weighted by Crippen LogP contribution is 2.33. The third-order valence-electron chi connectivity index (χ3n) is 4.26. The summed E-state index contributed by atoms with van der Waals surface area (Å²) < 4.78 is 0. The first-order valence-corrected chi connectivity index (χ1v) is 8.35. The third kappa shape index (κ3) is 4.61. The van der Waals surface area contributed by atoms with Gasteiger partial charge in [-0.2, -0.15) is 0 Å². The van der Waals surface area contributed by atoms with E-state index >= 15 is 0 Å². The summed E-state index contributed by atoms with van der Waals surface area (Å²) in [6.07, 6.45) is 14.7. The average Bonchev–Trinajstić information content (AvgIpc) is 2.67. The molecule has 0 aliphatic heterocycles. The molecule has 0 radical (unpaired) electrons. The Morgan fingerprint density at radius 1 is 0.885 bits per heavy atom. The minimum atomic E-state index is 0. The quantitative estimate of drug-likeness (QED) is 0.481. The standard InChI is InChI=1S/C24H22.2CH4/c1-3-11-19(4-2)23-17-16-22(20-12-7-5-8-13-20)18-24(23)21-14-9-6-10-15-21;;/h3-5,7-9,11-18H,1-2,6,10H2;2*1H4/b19-11+;;. The van der Waals surface area contributed by atoms with Crippen LogP contribution in [0.4, 0.5) is 0 Å². The first-order chi connectivity index (χ1) is 11.8. The van der Waals surface area contributed by atoms with Gasteiger partial charge in [0.25, 0.3) is 0 Å². The lowest BCUT2D eigenvalue weighted by atomic mass is 9.88. The van der Waals surface area contributed by atoms with Crippen molar-refractivity contribution in [3.8, 4) is 11.1 Å². The monoisotopic (exact) mass is 342 g/mol. The third-order valence-corrected chi connectivity index (χ3v) is 4.26. The summed E-state index contributed by atoms with van der Waals surface area (Å²) in [6, 6.07) is 17.2. The summed E-state index contributed by atoms with van der Waals surface area (Å²) in [5, 5.41) is 0. The van der Waals surface area contributed by atoms with Crippen molar-refractivity contribution in [1.29, 1.82) is 0 Å². The van der Waals surface area contributed by atoms with Crippen LogP contribution in [0.25, 0.3) is 22.3 Å². The van der Waals surface area contributed by atoms with Gasteiger partial charge < -0.3 is 0 Å². The highest BCUT2D eigenvalue weighted by atomic mass is 14.2. The van der Waals surface area contributed by atoms with Crippen molar-refractivity contribution in [1.82, 2.24) is 0 Å². The van der Waals surface area contributed by atoms with Gasteiger partial charge in [-0.1, -0.05) is 107 Å². The molecule has 0 bridgehead atoms. The van der Waals surface area contributed by atoms with E-state index in [0.29, 0.717) is 0 Å². The summed E-state index contributed by atoms with van der Waals surface area (Å²) >= 11 is 0.